The molecule has 0 aliphatic heterocycles. The first kappa shape index (κ1) is 19.1. The van der Waals surface area contributed by atoms with Gasteiger partial charge in [-0.2, -0.15) is 10.5 Å². The third-order valence-electron chi connectivity index (χ3n) is 4.78. The molecule has 0 amide bonds. The van der Waals surface area contributed by atoms with Crippen molar-refractivity contribution in [1.82, 2.24) is 0 Å². The smallest absolute Gasteiger partial charge is 0.127 e. The van der Waals surface area contributed by atoms with Crippen LogP contribution in [0.15, 0.2) is 84.9 Å². The second-order valence-corrected chi connectivity index (χ2v) is 6.83. The first-order chi connectivity index (χ1) is 14.7. The molecule has 0 radical (unpaired) electrons. The van der Waals surface area contributed by atoms with Crippen LogP contribution in [-0.4, -0.2) is 0 Å². The monoisotopic (exact) mass is 390 g/mol. The highest BCUT2D eigenvalue weighted by Gasteiger charge is 2.05. The van der Waals surface area contributed by atoms with Crippen molar-refractivity contribution in [2.45, 2.75) is 13.2 Å². The number of hydrogen-bond donors (Lipinski definition) is 0. The summed E-state index contributed by atoms with van der Waals surface area (Å²) in [6.45, 7) is 0.869. The molecule has 0 bridgehead atoms. The summed E-state index contributed by atoms with van der Waals surface area (Å²) in [6.07, 6.45) is 0. The molecular formula is C26H18N2O2. The number of nitrogens with zero attached hydrogens (tertiary/aromatic N) is 2. The number of ether oxygens (including phenoxy) is 2. The Hall–Kier alpha value is -4.28. The lowest BCUT2D eigenvalue weighted by Gasteiger charge is -2.11. The Morgan fingerprint density at radius 3 is 1.83 bits per heavy atom. The van der Waals surface area contributed by atoms with Crippen molar-refractivity contribution in [1.29, 1.82) is 10.5 Å². The highest BCUT2D eigenvalue weighted by atomic mass is 16.5. The summed E-state index contributed by atoms with van der Waals surface area (Å²) in [7, 11) is 0. The van der Waals surface area contributed by atoms with Crippen molar-refractivity contribution >= 4 is 10.8 Å². The van der Waals surface area contributed by atoms with E-state index in [0.717, 1.165) is 33.4 Å². The van der Waals surface area contributed by atoms with Crippen molar-refractivity contribution in [3.8, 4) is 23.6 Å². The van der Waals surface area contributed by atoms with Gasteiger partial charge in [0.05, 0.1) is 23.3 Å². The van der Waals surface area contributed by atoms with Crippen molar-refractivity contribution in [3.05, 3.63) is 107 Å². The number of rotatable bonds is 6. The molecular weight excluding hydrogens is 372 g/mol. The van der Waals surface area contributed by atoms with E-state index in [1.165, 1.54) is 0 Å². The minimum absolute atomic E-state index is 0.432. The first-order valence-electron chi connectivity index (χ1n) is 9.51. The lowest BCUT2D eigenvalue weighted by atomic mass is 10.1. The molecule has 0 atom stereocenters. The van der Waals surface area contributed by atoms with Gasteiger partial charge in [0.25, 0.3) is 0 Å². The standard InChI is InChI=1S/C26H18N2O2/c27-15-19-4-8-21(9-5-19)17-29-24-12-13-25-23(14-24)2-1-3-26(25)30-18-22-10-6-20(16-28)7-11-22/h1-14H,17-18H2. The van der Waals surface area contributed by atoms with E-state index >= 15 is 0 Å². The van der Waals surface area contributed by atoms with Crippen LogP contribution in [-0.2, 0) is 13.2 Å². The summed E-state index contributed by atoms with van der Waals surface area (Å²) in [5.41, 5.74) is 3.29. The Balaban J connectivity index is 1.45. The van der Waals surface area contributed by atoms with E-state index in [4.69, 9.17) is 20.0 Å². The van der Waals surface area contributed by atoms with Crippen LogP contribution in [0.2, 0.25) is 0 Å². The predicted octanol–water partition coefficient (Wildman–Crippen LogP) is 5.74. The van der Waals surface area contributed by atoms with Crippen molar-refractivity contribution in [2.24, 2.45) is 0 Å². The highest BCUT2D eigenvalue weighted by Crippen LogP contribution is 2.29. The van der Waals surface area contributed by atoms with E-state index in [2.05, 4.69) is 12.1 Å². The molecule has 0 saturated carbocycles. The fourth-order valence-corrected chi connectivity index (χ4v) is 3.13. The lowest BCUT2D eigenvalue weighted by molar-refractivity contribution is 0.306. The number of nitriles is 2. The van der Waals surface area contributed by atoms with Crippen LogP contribution in [0.5, 0.6) is 11.5 Å². The van der Waals surface area contributed by atoms with Gasteiger partial charge in [0, 0.05) is 5.39 Å². The Morgan fingerprint density at radius 1 is 0.633 bits per heavy atom. The zero-order valence-corrected chi connectivity index (χ0v) is 16.2. The van der Waals surface area contributed by atoms with E-state index in [0.29, 0.717) is 24.3 Å². The van der Waals surface area contributed by atoms with Crippen LogP contribution < -0.4 is 9.47 Å². The molecule has 0 aromatic heterocycles. The SMILES string of the molecule is N#Cc1ccc(COc2ccc3c(OCc4ccc(C#N)cc4)cccc3c2)cc1. The average Bonchev–Trinajstić information content (AvgIpc) is 2.81. The van der Waals surface area contributed by atoms with Gasteiger partial charge in [-0.1, -0.05) is 36.4 Å². The van der Waals surface area contributed by atoms with Crippen molar-refractivity contribution in [2.75, 3.05) is 0 Å². The Bertz CT molecular complexity index is 1250. The molecule has 0 saturated heterocycles. The second-order valence-electron chi connectivity index (χ2n) is 6.83. The molecule has 4 nitrogen and oxygen atoms in total. The van der Waals surface area contributed by atoms with Crippen LogP contribution in [0, 0.1) is 22.7 Å². The minimum Gasteiger partial charge on any atom is -0.489 e. The Kier molecular flexibility index (Phi) is 5.60. The summed E-state index contributed by atoms with van der Waals surface area (Å²) in [5, 5.41) is 19.8. The van der Waals surface area contributed by atoms with Crippen LogP contribution in [0.3, 0.4) is 0 Å². The molecule has 0 heterocycles. The molecule has 4 heteroatoms. The van der Waals surface area contributed by atoms with Gasteiger partial charge in [0.15, 0.2) is 0 Å². The van der Waals surface area contributed by atoms with Gasteiger partial charge < -0.3 is 9.47 Å². The highest BCUT2D eigenvalue weighted by molar-refractivity contribution is 5.89. The molecule has 4 aromatic carbocycles. The van der Waals surface area contributed by atoms with Crippen molar-refractivity contribution < 1.29 is 9.47 Å². The minimum atomic E-state index is 0.432. The largest absolute Gasteiger partial charge is 0.489 e. The molecule has 30 heavy (non-hydrogen) atoms. The molecule has 4 aromatic rings. The third-order valence-corrected chi connectivity index (χ3v) is 4.78. The van der Waals surface area contributed by atoms with E-state index in [1.807, 2.05) is 60.7 Å². The van der Waals surface area contributed by atoms with Gasteiger partial charge in [0.1, 0.15) is 24.7 Å². The van der Waals surface area contributed by atoms with E-state index in [9.17, 15) is 0 Å². The molecule has 0 unspecified atom stereocenters. The van der Waals surface area contributed by atoms with Crippen LogP contribution in [0.4, 0.5) is 0 Å². The Morgan fingerprint density at radius 2 is 1.23 bits per heavy atom. The van der Waals surface area contributed by atoms with Gasteiger partial charge in [-0.3, -0.25) is 0 Å². The number of benzene rings is 4. The molecule has 144 valence electrons. The quantitative estimate of drug-likeness (QED) is 0.421. The molecule has 0 aliphatic carbocycles. The zero-order chi connectivity index (χ0) is 20.8. The fraction of sp³-hybridized carbons (Fsp3) is 0.0769. The Labute approximate surface area is 175 Å². The molecule has 0 spiro atoms. The maximum Gasteiger partial charge on any atom is 0.127 e. The maximum atomic E-state index is 8.90. The normalized spacial score (nSPS) is 10.2. The van der Waals surface area contributed by atoms with E-state index in [1.54, 1.807) is 24.3 Å². The molecule has 0 aliphatic rings. The van der Waals surface area contributed by atoms with Crippen molar-refractivity contribution in [3.63, 3.8) is 0 Å². The van der Waals surface area contributed by atoms with E-state index < -0.39 is 0 Å². The summed E-state index contributed by atoms with van der Waals surface area (Å²) in [5.74, 6) is 1.58. The first-order valence-corrected chi connectivity index (χ1v) is 9.51. The lowest BCUT2D eigenvalue weighted by Crippen LogP contribution is -1.97. The summed E-state index contributed by atoms with van der Waals surface area (Å²) < 4.78 is 11.9. The molecule has 0 N–H and O–H groups in total. The number of fused-ring (bicyclic) bond motifs is 1. The average molecular weight is 390 g/mol. The predicted molar refractivity (Wildman–Crippen MR) is 115 cm³/mol. The van der Waals surface area contributed by atoms with Gasteiger partial charge in [-0.05, 0) is 65.0 Å². The van der Waals surface area contributed by atoms with Crippen LogP contribution in [0.25, 0.3) is 10.8 Å². The van der Waals surface area contributed by atoms with Gasteiger partial charge >= 0.3 is 0 Å². The summed E-state index contributed by atoms with van der Waals surface area (Å²) >= 11 is 0. The second kappa shape index (κ2) is 8.82. The fourth-order valence-electron chi connectivity index (χ4n) is 3.13. The zero-order valence-electron chi connectivity index (χ0n) is 16.2. The topological polar surface area (TPSA) is 66.0 Å². The van der Waals surface area contributed by atoms with Crippen LogP contribution >= 0.6 is 0 Å². The number of hydrogen-bond acceptors (Lipinski definition) is 4. The maximum absolute atomic E-state index is 8.90. The summed E-state index contributed by atoms with van der Waals surface area (Å²) in [6, 6.07) is 30.8. The van der Waals surface area contributed by atoms with Crippen LogP contribution in [0.1, 0.15) is 22.3 Å². The summed E-state index contributed by atoms with van der Waals surface area (Å²) in [4.78, 5) is 0. The van der Waals surface area contributed by atoms with Gasteiger partial charge in [0.2, 0.25) is 0 Å². The molecule has 4 rings (SSSR count). The van der Waals surface area contributed by atoms with Gasteiger partial charge in [-0.15, -0.1) is 0 Å². The third kappa shape index (κ3) is 4.41. The van der Waals surface area contributed by atoms with E-state index in [-0.39, 0.29) is 0 Å². The molecule has 0 fully saturated rings. The van der Waals surface area contributed by atoms with Gasteiger partial charge in [-0.25, -0.2) is 0 Å².